The van der Waals surface area contributed by atoms with E-state index in [4.69, 9.17) is 10.2 Å². The molecule has 0 amide bonds. The van der Waals surface area contributed by atoms with Gasteiger partial charge in [0.15, 0.2) is 5.60 Å². The summed E-state index contributed by atoms with van der Waals surface area (Å²) < 4.78 is 0. The zero-order valence-corrected chi connectivity index (χ0v) is 14.0. The highest BCUT2D eigenvalue weighted by atomic mass is 32.2. The van der Waals surface area contributed by atoms with Crippen molar-refractivity contribution in [2.75, 3.05) is 11.5 Å². The lowest BCUT2D eigenvalue weighted by Gasteiger charge is -2.20. The summed E-state index contributed by atoms with van der Waals surface area (Å²) in [5.74, 6) is -2.29. The van der Waals surface area contributed by atoms with Crippen LogP contribution in [0.15, 0.2) is 42.5 Å². The van der Waals surface area contributed by atoms with Gasteiger partial charge >= 0.3 is 11.9 Å². The van der Waals surface area contributed by atoms with Gasteiger partial charge in [-0.15, -0.1) is 0 Å². The maximum atomic E-state index is 11.0. The number of hydrogen-bond donors (Lipinski definition) is 3. The van der Waals surface area contributed by atoms with Crippen molar-refractivity contribution in [1.82, 2.24) is 0 Å². The number of hydrogen-bond acceptors (Lipinski definition) is 4. The van der Waals surface area contributed by atoms with Crippen molar-refractivity contribution in [1.29, 1.82) is 0 Å². The van der Waals surface area contributed by atoms with Gasteiger partial charge in [0.1, 0.15) is 0 Å². The summed E-state index contributed by atoms with van der Waals surface area (Å²) in [6.45, 7) is 0. The number of rotatable bonds is 9. The van der Waals surface area contributed by atoms with Crippen LogP contribution >= 0.6 is 11.8 Å². The predicted molar refractivity (Wildman–Crippen MR) is 94.4 cm³/mol. The molecule has 0 radical (unpaired) electrons. The molecule has 1 atom stereocenters. The lowest BCUT2D eigenvalue weighted by Crippen LogP contribution is -2.43. The van der Waals surface area contributed by atoms with Gasteiger partial charge in [-0.05, 0) is 34.9 Å². The van der Waals surface area contributed by atoms with E-state index in [0.29, 0.717) is 5.75 Å². The van der Waals surface area contributed by atoms with Crippen LogP contribution in [0.2, 0.25) is 0 Å². The molecule has 3 N–H and O–H groups in total. The average molecular weight is 348 g/mol. The second-order valence-corrected chi connectivity index (χ2v) is 6.85. The Hall–Kier alpha value is -2.05. The largest absolute Gasteiger partial charge is 0.481 e. The smallest absolute Gasteiger partial charge is 0.337 e. The van der Waals surface area contributed by atoms with Crippen molar-refractivity contribution in [3.63, 3.8) is 0 Å². The van der Waals surface area contributed by atoms with Crippen LogP contribution in [-0.4, -0.2) is 44.4 Å². The zero-order valence-electron chi connectivity index (χ0n) is 13.1. The van der Waals surface area contributed by atoms with E-state index in [1.807, 2.05) is 12.1 Å². The third-order valence-electron chi connectivity index (χ3n) is 3.75. The molecule has 128 valence electrons. The SMILES string of the molecule is O=C(O)C[C@](O)(CSCCCc1ccc2ccccc2c1)C(=O)O. The fourth-order valence-corrected chi connectivity index (χ4v) is 3.51. The van der Waals surface area contributed by atoms with Gasteiger partial charge in [0.2, 0.25) is 0 Å². The Bertz CT molecular complexity index is 730. The van der Waals surface area contributed by atoms with E-state index < -0.39 is 24.0 Å². The second kappa shape index (κ2) is 8.17. The monoisotopic (exact) mass is 348 g/mol. The number of fused-ring (bicyclic) bond motifs is 1. The molecule has 5 nitrogen and oxygen atoms in total. The molecule has 0 aromatic heterocycles. The minimum absolute atomic E-state index is 0.133. The van der Waals surface area contributed by atoms with E-state index in [1.165, 1.54) is 28.1 Å². The van der Waals surface area contributed by atoms with Crippen molar-refractivity contribution >= 4 is 34.5 Å². The Balaban J connectivity index is 1.81. The van der Waals surface area contributed by atoms with Crippen molar-refractivity contribution in [3.8, 4) is 0 Å². The molecule has 0 fully saturated rings. The molecular weight excluding hydrogens is 328 g/mol. The van der Waals surface area contributed by atoms with Crippen LogP contribution in [-0.2, 0) is 16.0 Å². The molecule has 2 aromatic carbocycles. The van der Waals surface area contributed by atoms with Crippen molar-refractivity contribution in [2.45, 2.75) is 24.9 Å². The zero-order chi connectivity index (χ0) is 17.6. The van der Waals surface area contributed by atoms with Crippen LogP contribution in [0.5, 0.6) is 0 Å². The Labute approximate surface area is 144 Å². The van der Waals surface area contributed by atoms with E-state index >= 15 is 0 Å². The quantitative estimate of drug-likeness (QED) is 0.603. The van der Waals surface area contributed by atoms with Gasteiger partial charge in [0.25, 0.3) is 0 Å². The molecule has 0 aliphatic heterocycles. The Morgan fingerprint density at radius 3 is 2.42 bits per heavy atom. The lowest BCUT2D eigenvalue weighted by atomic mass is 10.0. The third kappa shape index (κ3) is 4.97. The molecule has 0 heterocycles. The summed E-state index contributed by atoms with van der Waals surface area (Å²) in [6.07, 6.45) is 0.883. The molecule has 0 saturated carbocycles. The van der Waals surface area contributed by atoms with Gasteiger partial charge in [-0.3, -0.25) is 4.79 Å². The maximum absolute atomic E-state index is 11.0. The normalized spacial score (nSPS) is 13.5. The maximum Gasteiger partial charge on any atom is 0.337 e. The molecule has 24 heavy (non-hydrogen) atoms. The van der Waals surface area contributed by atoms with Crippen LogP contribution in [0.3, 0.4) is 0 Å². The molecule has 0 bridgehead atoms. The Morgan fingerprint density at radius 1 is 1.04 bits per heavy atom. The summed E-state index contributed by atoms with van der Waals surface area (Å²) in [4.78, 5) is 21.7. The highest BCUT2D eigenvalue weighted by Gasteiger charge is 2.38. The number of aryl methyl sites for hydroxylation is 1. The van der Waals surface area contributed by atoms with Crippen LogP contribution in [0.4, 0.5) is 0 Å². The van der Waals surface area contributed by atoms with Gasteiger partial charge < -0.3 is 15.3 Å². The molecule has 0 aliphatic carbocycles. The van der Waals surface area contributed by atoms with Crippen LogP contribution in [0.1, 0.15) is 18.4 Å². The first kappa shape index (κ1) is 18.3. The Morgan fingerprint density at radius 2 is 1.75 bits per heavy atom. The molecule has 0 spiro atoms. The van der Waals surface area contributed by atoms with Crippen LogP contribution in [0.25, 0.3) is 10.8 Å². The molecule has 0 saturated heterocycles. The summed E-state index contributed by atoms with van der Waals surface area (Å²) in [5, 5.41) is 30.0. The number of carboxylic acids is 2. The molecule has 0 unspecified atom stereocenters. The topological polar surface area (TPSA) is 94.8 Å². The van der Waals surface area contributed by atoms with E-state index in [1.54, 1.807) is 0 Å². The fourth-order valence-electron chi connectivity index (χ4n) is 2.45. The van der Waals surface area contributed by atoms with Crippen molar-refractivity contribution in [3.05, 3.63) is 48.0 Å². The number of aliphatic hydroxyl groups is 1. The summed E-state index contributed by atoms with van der Waals surface area (Å²) in [5.41, 5.74) is -1.01. The molecule has 6 heteroatoms. The summed E-state index contributed by atoms with van der Waals surface area (Å²) >= 11 is 1.26. The minimum Gasteiger partial charge on any atom is -0.481 e. The van der Waals surface area contributed by atoms with Gasteiger partial charge in [0.05, 0.1) is 6.42 Å². The number of carbonyl (C=O) groups is 2. The van der Waals surface area contributed by atoms with E-state index in [9.17, 15) is 14.7 Å². The number of benzene rings is 2. The summed E-state index contributed by atoms with van der Waals surface area (Å²) in [6, 6.07) is 14.4. The molecular formula is C18H20O5S. The minimum atomic E-state index is -2.21. The third-order valence-corrected chi connectivity index (χ3v) is 5.01. The highest BCUT2D eigenvalue weighted by Crippen LogP contribution is 2.21. The van der Waals surface area contributed by atoms with Crippen LogP contribution < -0.4 is 0 Å². The highest BCUT2D eigenvalue weighted by molar-refractivity contribution is 7.99. The van der Waals surface area contributed by atoms with Gasteiger partial charge in [-0.25, -0.2) is 4.79 Å². The van der Waals surface area contributed by atoms with E-state index in [0.717, 1.165) is 12.8 Å². The van der Waals surface area contributed by atoms with Gasteiger partial charge in [-0.2, -0.15) is 11.8 Å². The first-order chi connectivity index (χ1) is 11.4. The predicted octanol–water partition coefficient (Wildman–Crippen LogP) is 2.80. The lowest BCUT2D eigenvalue weighted by molar-refractivity contribution is -0.162. The molecule has 2 aromatic rings. The Kier molecular flexibility index (Phi) is 6.23. The second-order valence-electron chi connectivity index (χ2n) is 5.74. The van der Waals surface area contributed by atoms with E-state index in [-0.39, 0.29) is 5.75 Å². The number of carboxylic acid groups (broad SMARTS) is 2. The number of aliphatic carboxylic acids is 2. The number of thioether (sulfide) groups is 1. The van der Waals surface area contributed by atoms with Gasteiger partial charge in [-0.1, -0.05) is 42.5 Å². The van der Waals surface area contributed by atoms with Crippen molar-refractivity contribution < 1.29 is 24.9 Å². The molecule has 2 rings (SSSR count). The molecule has 0 aliphatic rings. The van der Waals surface area contributed by atoms with Crippen molar-refractivity contribution in [2.24, 2.45) is 0 Å². The van der Waals surface area contributed by atoms with Gasteiger partial charge in [0, 0.05) is 5.75 Å². The summed E-state index contributed by atoms with van der Waals surface area (Å²) in [7, 11) is 0. The first-order valence-electron chi connectivity index (χ1n) is 7.64. The van der Waals surface area contributed by atoms with E-state index in [2.05, 4.69) is 30.3 Å². The van der Waals surface area contributed by atoms with Crippen LogP contribution in [0, 0.1) is 0 Å². The fraction of sp³-hybridized carbons (Fsp3) is 0.333. The average Bonchev–Trinajstić information content (AvgIpc) is 2.53. The standard InChI is InChI=1S/C18H20O5S/c19-16(20)11-18(23,17(21)22)12-24-9-3-4-13-7-8-14-5-1-2-6-15(14)10-13/h1-2,5-8,10,23H,3-4,9,11-12H2,(H,19,20)(H,21,22)/t18-/m0/s1. The first-order valence-corrected chi connectivity index (χ1v) is 8.79.